The molecule has 2 unspecified atom stereocenters. The number of hydrogen-bond acceptors (Lipinski definition) is 3. The van der Waals surface area contributed by atoms with Gasteiger partial charge in [0.2, 0.25) is 0 Å². The first kappa shape index (κ1) is 12.0. The van der Waals surface area contributed by atoms with Gasteiger partial charge in [0.05, 0.1) is 12.1 Å². The zero-order valence-corrected chi connectivity index (χ0v) is 10.9. The molecule has 0 radical (unpaired) electrons. The Morgan fingerprint density at radius 1 is 1.33 bits per heavy atom. The topological polar surface area (TPSA) is 64.1 Å². The Morgan fingerprint density at radius 2 is 2.06 bits per heavy atom. The average Bonchev–Trinajstić information content (AvgIpc) is 3.07. The van der Waals surface area contributed by atoms with Crippen LogP contribution in [0.15, 0.2) is 9.59 Å². The van der Waals surface area contributed by atoms with Gasteiger partial charge in [0.1, 0.15) is 5.15 Å². The number of rotatable bonds is 2. The van der Waals surface area contributed by atoms with E-state index in [4.69, 9.17) is 16.3 Å². The molecule has 0 bridgehead atoms. The van der Waals surface area contributed by atoms with Crippen LogP contribution in [0.2, 0.25) is 5.15 Å². The van der Waals surface area contributed by atoms with Crippen LogP contribution in [-0.2, 0) is 4.74 Å². The zero-order valence-electron chi connectivity index (χ0n) is 10.1. The molecule has 2 fully saturated rings. The van der Waals surface area contributed by atoms with E-state index in [0.29, 0.717) is 24.5 Å². The summed E-state index contributed by atoms with van der Waals surface area (Å²) in [5.74, 6) is 0.500. The number of aromatic amines is 1. The van der Waals surface area contributed by atoms with Gasteiger partial charge in [-0.05, 0) is 32.1 Å². The number of ether oxygens (including phenoxy) is 1. The first-order chi connectivity index (χ1) is 8.59. The maximum atomic E-state index is 12.2. The van der Waals surface area contributed by atoms with Gasteiger partial charge >= 0.3 is 5.69 Å². The second-order valence-corrected chi connectivity index (χ2v) is 5.45. The Morgan fingerprint density at radius 3 is 2.72 bits per heavy atom. The van der Waals surface area contributed by atoms with Gasteiger partial charge in [0.15, 0.2) is 0 Å². The number of nitrogens with zero attached hydrogens (tertiary/aromatic N) is 1. The average molecular weight is 271 g/mol. The zero-order chi connectivity index (χ0) is 12.9. The number of halogens is 1. The first-order valence-corrected chi connectivity index (χ1v) is 6.60. The highest BCUT2D eigenvalue weighted by molar-refractivity contribution is 6.30. The van der Waals surface area contributed by atoms with Gasteiger partial charge in [0.25, 0.3) is 5.56 Å². The van der Waals surface area contributed by atoms with E-state index < -0.39 is 5.69 Å². The van der Waals surface area contributed by atoms with E-state index in [1.165, 1.54) is 4.57 Å². The molecule has 0 spiro atoms. The smallest absolute Gasteiger partial charge is 0.329 e. The van der Waals surface area contributed by atoms with E-state index in [9.17, 15) is 9.59 Å². The number of nitrogens with one attached hydrogen (secondary N) is 1. The summed E-state index contributed by atoms with van der Waals surface area (Å²) in [5.41, 5.74) is -0.348. The minimum atomic E-state index is -0.434. The van der Waals surface area contributed by atoms with Crippen LogP contribution in [0.1, 0.15) is 30.9 Å². The van der Waals surface area contributed by atoms with E-state index in [1.54, 1.807) is 6.92 Å². The molecule has 0 aromatic carbocycles. The maximum Gasteiger partial charge on any atom is 0.329 e. The number of aromatic nitrogens is 2. The fourth-order valence-electron chi connectivity index (χ4n) is 2.67. The lowest BCUT2D eigenvalue weighted by Crippen LogP contribution is -2.42. The fourth-order valence-corrected chi connectivity index (χ4v) is 2.83. The molecule has 6 heteroatoms. The minimum absolute atomic E-state index is 0.00405. The highest BCUT2D eigenvalue weighted by atomic mass is 35.5. The van der Waals surface area contributed by atoms with Crippen molar-refractivity contribution < 1.29 is 4.74 Å². The highest BCUT2D eigenvalue weighted by Crippen LogP contribution is 2.42. The highest BCUT2D eigenvalue weighted by Gasteiger charge is 2.42. The van der Waals surface area contributed by atoms with Crippen molar-refractivity contribution in [1.82, 2.24) is 9.55 Å². The van der Waals surface area contributed by atoms with Crippen molar-refractivity contribution in [3.05, 3.63) is 31.6 Å². The summed E-state index contributed by atoms with van der Waals surface area (Å²) in [4.78, 5) is 26.7. The summed E-state index contributed by atoms with van der Waals surface area (Å²) in [6, 6.07) is -0.148. The molecule has 18 heavy (non-hydrogen) atoms. The Bertz CT molecular complexity index is 588. The van der Waals surface area contributed by atoms with E-state index in [0.717, 1.165) is 12.8 Å². The van der Waals surface area contributed by atoms with Crippen LogP contribution in [0.5, 0.6) is 0 Å². The number of H-pyrrole nitrogens is 1. The monoisotopic (exact) mass is 270 g/mol. The van der Waals surface area contributed by atoms with E-state index >= 15 is 0 Å². The molecule has 1 aliphatic carbocycles. The molecule has 98 valence electrons. The van der Waals surface area contributed by atoms with Gasteiger partial charge in [-0.15, -0.1) is 0 Å². The Balaban J connectivity index is 2.09. The van der Waals surface area contributed by atoms with Gasteiger partial charge < -0.3 is 4.74 Å². The molecule has 1 saturated heterocycles. The van der Waals surface area contributed by atoms with Crippen LogP contribution in [0.25, 0.3) is 0 Å². The Kier molecular flexibility index (Phi) is 2.83. The lowest BCUT2D eigenvalue weighted by Gasteiger charge is -2.20. The van der Waals surface area contributed by atoms with Gasteiger partial charge in [-0.2, -0.15) is 0 Å². The van der Waals surface area contributed by atoms with Gasteiger partial charge in [-0.25, -0.2) is 4.79 Å². The first-order valence-electron chi connectivity index (χ1n) is 6.22. The molecule has 3 rings (SSSR count). The third-order valence-corrected chi connectivity index (χ3v) is 4.20. The van der Waals surface area contributed by atoms with Crippen LogP contribution in [-0.4, -0.2) is 22.3 Å². The van der Waals surface area contributed by atoms with Crippen LogP contribution in [0.3, 0.4) is 0 Å². The molecule has 1 saturated carbocycles. The minimum Gasteiger partial charge on any atom is -0.376 e. The largest absolute Gasteiger partial charge is 0.376 e. The molecule has 1 N–H and O–H groups in total. The molecule has 2 atom stereocenters. The molecule has 1 aromatic rings. The van der Waals surface area contributed by atoms with Crippen molar-refractivity contribution >= 4 is 11.6 Å². The SMILES string of the molecule is Cc1c(Cl)[nH]c(=O)n(C2CCOC2C2CC2)c1=O. The molecule has 1 aromatic heterocycles. The normalized spacial score (nSPS) is 27.7. The predicted octanol–water partition coefficient (Wildman–Crippen LogP) is 1.24. The van der Waals surface area contributed by atoms with Crippen molar-refractivity contribution in [2.24, 2.45) is 5.92 Å². The lowest BCUT2D eigenvalue weighted by molar-refractivity contribution is 0.0734. The van der Waals surface area contributed by atoms with Crippen LogP contribution >= 0.6 is 11.6 Å². The summed E-state index contributed by atoms with van der Waals surface area (Å²) in [7, 11) is 0. The van der Waals surface area contributed by atoms with Crippen LogP contribution < -0.4 is 11.2 Å². The van der Waals surface area contributed by atoms with Crippen LogP contribution in [0.4, 0.5) is 0 Å². The summed E-state index contributed by atoms with van der Waals surface area (Å²) < 4.78 is 6.97. The number of hydrogen-bond donors (Lipinski definition) is 1. The molecular formula is C12H15ClN2O3. The summed E-state index contributed by atoms with van der Waals surface area (Å²) in [6.07, 6.45) is 2.97. The van der Waals surface area contributed by atoms with Crippen molar-refractivity contribution in [3.8, 4) is 0 Å². The van der Waals surface area contributed by atoms with Crippen molar-refractivity contribution in [3.63, 3.8) is 0 Å². The summed E-state index contributed by atoms with van der Waals surface area (Å²) in [6.45, 7) is 2.23. The Hall–Kier alpha value is -1.07. The third-order valence-electron chi connectivity index (χ3n) is 3.83. The van der Waals surface area contributed by atoms with Gasteiger partial charge in [0, 0.05) is 12.2 Å². The van der Waals surface area contributed by atoms with Gasteiger partial charge in [-0.3, -0.25) is 14.3 Å². The quantitative estimate of drug-likeness (QED) is 0.823. The van der Waals surface area contributed by atoms with Crippen molar-refractivity contribution in [1.29, 1.82) is 0 Å². The second-order valence-electron chi connectivity index (χ2n) is 5.07. The van der Waals surface area contributed by atoms with E-state index in [1.807, 2.05) is 0 Å². The summed E-state index contributed by atoms with van der Waals surface area (Å²) in [5, 5.41) is 0.128. The lowest BCUT2D eigenvalue weighted by atomic mass is 10.1. The maximum absolute atomic E-state index is 12.2. The Labute approximate surface area is 109 Å². The van der Waals surface area contributed by atoms with E-state index in [-0.39, 0.29) is 22.9 Å². The molecule has 5 nitrogen and oxygen atoms in total. The van der Waals surface area contributed by atoms with Crippen molar-refractivity contribution in [2.45, 2.75) is 38.3 Å². The van der Waals surface area contributed by atoms with Gasteiger partial charge in [-0.1, -0.05) is 11.6 Å². The standard InChI is InChI=1S/C12H15ClN2O3/c1-6-10(13)14-12(17)15(11(6)16)8-4-5-18-9(8)7-2-3-7/h7-9H,2-5H2,1H3,(H,14,17). The summed E-state index contributed by atoms with van der Waals surface area (Å²) >= 11 is 5.81. The third kappa shape index (κ3) is 1.82. The fraction of sp³-hybridized carbons (Fsp3) is 0.667. The van der Waals surface area contributed by atoms with Crippen LogP contribution in [0, 0.1) is 12.8 Å². The molecule has 0 amide bonds. The molecule has 2 aliphatic rings. The second kappa shape index (κ2) is 4.24. The molecule has 2 heterocycles. The van der Waals surface area contributed by atoms with Crippen molar-refractivity contribution in [2.75, 3.05) is 6.61 Å². The molecular weight excluding hydrogens is 256 g/mol. The van der Waals surface area contributed by atoms with E-state index in [2.05, 4.69) is 4.98 Å². The molecule has 1 aliphatic heterocycles. The predicted molar refractivity (Wildman–Crippen MR) is 67.2 cm³/mol.